The van der Waals surface area contributed by atoms with Crippen LogP contribution in [-0.4, -0.2) is 33.6 Å². The summed E-state index contributed by atoms with van der Waals surface area (Å²) in [4.78, 5) is 18.2. The number of likely N-dealkylation sites (tertiary alicyclic amines) is 1. The summed E-state index contributed by atoms with van der Waals surface area (Å²) in [6.07, 6.45) is 7.67. The lowest BCUT2D eigenvalue weighted by atomic mass is 9.97. The molecule has 0 bridgehead atoms. The quantitative estimate of drug-likeness (QED) is 0.942. The SMILES string of the molecule is O=C(Nc1ccc(Cl)cc1)N1CCC(Cn2ccnc2)CC1. The number of amides is 2. The molecule has 3 rings (SSSR count). The van der Waals surface area contributed by atoms with Crippen molar-refractivity contribution in [2.75, 3.05) is 18.4 Å². The van der Waals surface area contributed by atoms with E-state index in [2.05, 4.69) is 14.9 Å². The maximum absolute atomic E-state index is 12.2. The van der Waals surface area contributed by atoms with Crippen LogP contribution >= 0.6 is 11.6 Å². The van der Waals surface area contributed by atoms with E-state index in [9.17, 15) is 4.79 Å². The van der Waals surface area contributed by atoms with Crippen molar-refractivity contribution in [1.29, 1.82) is 0 Å². The van der Waals surface area contributed by atoms with Crippen LogP contribution in [0.5, 0.6) is 0 Å². The molecule has 22 heavy (non-hydrogen) atoms. The van der Waals surface area contributed by atoms with Gasteiger partial charge in [0.2, 0.25) is 0 Å². The van der Waals surface area contributed by atoms with E-state index >= 15 is 0 Å². The summed E-state index contributed by atoms with van der Waals surface area (Å²) >= 11 is 5.84. The fourth-order valence-corrected chi connectivity index (χ4v) is 2.87. The number of urea groups is 1. The molecule has 6 heteroatoms. The van der Waals surface area contributed by atoms with E-state index in [1.165, 1.54) is 0 Å². The minimum atomic E-state index is -0.0385. The van der Waals surface area contributed by atoms with Gasteiger partial charge >= 0.3 is 6.03 Å². The van der Waals surface area contributed by atoms with Gasteiger partial charge in [0, 0.05) is 42.7 Å². The summed E-state index contributed by atoms with van der Waals surface area (Å²) in [5, 5.41) is 3.58. The molecule has 1 saturated heterocycles. The second-order valence-corrected chi connectivity index (χ2v) is 6.06. The molecule has 1 aromatic heterocycles. The Balaban J connectivity index is 1.48. The lowest BCUT2D eigenvalue weighted by molar-refractivity contribution is 0.177. The molecular formula is C16H19ClN4O. The van der Waals surface area contributed by atoms with E-state index in [1.54, 1.807) is 18.3 Å². The maximum atomic E-state index is 12.2. The highest BCUT2D eigenvalue weighted by atomic mass is 35.5. The van der Waals surface area contributed by atoms with Crippen molar-refractivity contribution in [3.63, 3.8) is 0 Å². The van der Waals surface area contributed by atoms with Crippen LogP contribution in [0, 0.1) is 5.92 Å². The van der Waals surface area contributed by atoms with Crippen LogP contribution in [0.3, 0.4) is 0 Å². The summed E-state index contributed by atoms with van der Waals surface area (Å²) < 4.78 is 2.11. The average Bonchev–Trinajstić information content (AvgIpc) is 3.03. The van der Waals surface area contributed by atoms with Gasteiger partial charge in [-0.2, -0.15) is 0 Å². The van der Waals surface area contributed by atoms with Gasteiger partial charge in [-0.05, 0) is 43.0 Å². The summed E-state index contributed by atoms with van der Waals surface area (Å²) in [6.45, 7) is 2.56. The van der Waals surface area contributed by atoms with E-state index in [1.807, 2.05) is 29.6 Å². The van der Waals surface area contributed by atoms with E-state index in [4.69, 9.17) is 11.6 Å². The Morgan fingerprint density at radius 1 is 1.27 bits per heavy atom. The van der Waals surface area contributed by atoms with Crippen LogP contribution in [0.2, 0.25) is 5.02 Å². The Kier molecular flexibility index (Phi) is 4.63. The predicted octanol–water partition coefficient (Wildman–Crippen LogP) is 3.48. The molecule has 1 aliphatic heterocycles. The maximum Gasteiger partial charge on any atom is 0.321 e. The molecule has 2 aromatic rings. The number of hydrogen-bond acceptors (Lipinski definition) is 2. The van der Waals surface area contributed by atoms with Crippen molar-refractivity contribution in [2.24, 2.45) is 5.92 Å². The molecule has 0 atom stereocenters. The zero-order valence-corrected chi connectivity index (χ0v) is 13.0. The second kappa shape index (κ2) is 6.83. The standard InChI is InChI=1S/C16H19ClN4O/c17-14-1-3-15(4-2-14)19-16(22)21-8-5-13(6-9-21)11-20-10-7-18-12-20/h1-4,7,10,12-13H,5-6,8-9,11H2,(H,19,22). The third kappa shape index (κ3) is 3.80. The number of nitrogens with zero attached hydrogens (tertiary/aromatic N) is 3. The van der Waals surface area contributed by atoms with Crippen LogP contribution in [0.25, 0.3) is 0 Å². The first kappa shape index (κ1) is 14.9. The number of piperidine rings is 1. The zero-order valence-electron chi connectivity index (χ0n) is 12.3. The van der Waals surface area contributed by atoms with E-state index in [0.717, 1.165) is 38.2 Å². The molecule has 1 fully saturated rings. The number of nitrogens with one attached hydrogen (secondary N) is 1. The fraction of sp³-hybridized carbons (Fsp3) is 0.375. The molecule has 0 radical (unpaired) electrons. The molecule has 2 heterocycles. The lowest BCUT2D eigenvalue weighted by Gasteiger charge is -2.32. The second-order valence-electron chi connectivity index (χ2n) is 5.63. The number of benzene rings is 1. The average molecular weight is 319 g/mol. The van der Waals surface area contributed by atoms with Crippen molar-refractivity contribution in [3.05, 3.63) is 48.0 Å². The van der Waals surface area contributed by atoms with Gasteiger partial charge in [0.25, 0.3) is 0 Å². The summed E-state index contributed by atoms with van der Waals surface area (Å²) in [7, 11) is 0. The zero-order chi connectivity index (χ0) is 15.4. The van der Waals surface area contributed by atoms with Crippen molar-refractivity contribution in [1.82, 2.24) is 14.5 Å². The van der Waals surface area contributed by atoms with Gasteiger partial charge < -0.3 is 14.8 Å². The van der Waals surface area contributed by atoms with E-state index < -0.39 is 0 Å². The highest BCUT2D eigenvalue weighted by Gasteiger charge is 2.22. The van der Waals surface area contributed by atoms with Crippen LogP contribution < -0.4 is 5.32 Å². The summed E-state index contributed by atoms with van der Waals surface area (Å²) in [6, 6.07) is 7.13. The van der Waals surface area contributed by atoms with Crippen molar-refractivity contribution in [3.8, 4) is 0 Å². The largest absolute Gasteiger partial charge is 0.337 e. The summed E-state index contributed by atoms with van der Waals surface area (Å²) in [5.74, 6) is 0.605. The molecule has 2 amide bonds. The molecule has 1 N–H and O–H groups in total. The van der Waals surface area contributed by atoms with Crippen LogP contribution in [0.4, 0.5) is 10.5 Å². The number of carbonyl (C=O) groups excluding carboxylic acids is 1. The Hall–Kier alpha value is -2.01. The Labute approximate surface area is 134 Å². The van der Waals surface area contributed by atoms with Gasteiger partial charge in [0.15, 0.2) is 0 Å². The minimum Gasteiger partial charge on any atom is -0.337 e. The van der Waals surface area contributed by atoms with Crippen LogP contribution in [-0.2, 0) is 6.54 Å². The molecule has 0 unspecified atom stereocenters. The minimum absolute atomic E-state index is 0.0385. The first-order valence-electron chi connectivity index (χ1n) is 7.48. The number of carbonyl (C=O) groups is 1. The molecular weight excluding hydrogens is 300 g/mol. The fourth-order valence-electron chi connectivity index (χ4n) is 2.75. The topological polar surface area (TPSA) is 50.2 Å². The molecule has 1 aliphatic rings. The van der Waals surface area contributed by atoms with Gasteiger partial charge in [0.1, 0.15) is 0 Å². The summed E-state index contributed by atoms with van der Waals surface area (Å²) in [5.41, 5.74) is 0.773. The van der Waals surface area contributed by atoms with E-state index in [0.29, 0.717) is 10.9 Å². The molecule has 0 spiro atoms. The Bertz CT molecular complexity index is 604. The number of imidazole rings is 1. The first-order chi connectivity index (χ1) is 10.7. The normalized spacial score (nSPS) is 15.8. The predicted molar refractivity (Wildman–Crippen MR) is 87.0 cm³/mol. The number of halogens is 1. The van der Waals surface area contributed by atoms with E-state index in [-0.39, 0.29) is 6.03 Å². The number of hydrogen-bond donors (Lipinski definition) is 1. The number of anilines is 1. The molecule has 5 nitrogen and oxygen atoms in total. The lowest BCUT2D eigenvalue weighted by Crippen LogP contribution is -2.41. The third-order valence-electron chi connectivity index (χ3n) is 4.03. The van der Waals surface area contributed by atoms with Gasteiger partial charge in [-0.3, -0.25) is 0 Å². The smallest absolute Gasteiger partial charge is 0.321 e. The van der Waals surface area contributed by atoms with Gasteiger partial charge in [-0.1, -0.05) is 11.6 Å². The van der Waals surface area contributed by atoms with Crippen molar-refractivity contribution >= 4 is 23.3 Å². The highest BCUT2D eigenvalue weighted by Crippen LogP contribution is 2.20. The molecule has 116 valence electrons. The highest BCUT2D eigenvalue weighted by molar-refractivity contribution is 6.30. The Morgan fingerprint density at radius 3 is 2.64 bits per heavy atom. The van der Waals surface area contributed by atoms with Gasteiger partial charge in [0.05, 0.1) is 6.33 Å². The molecule has 0 saturated carbocycles. The number of rotatable bonds is 3. The third-order valence-corrected chi connectivity index (χ3v) is 4.28. The monoisotopic (exact) mass is 318 g/mol. The number of aromatic nitrogens is 2. The van der Waals surface area contributed by atoms with Crippen LogP contribution in [0.1, 0.15) is 12.8 Å². The van der Waals surface area contributed by atoms with Crippen LogP contribution in [0.15, 0.2) is 43.0 Å². The van der Waals surface area contributed by atoms with Crippen molar-refractivity contribution < 1.29 is 4.79 Å². The van der Waals surface area contributed by atoms with Gasteiger partial charge in [-0.15, -0.1) is 0 Å². The molecule has 0 aliphatic carbocycles. The molecule has 1 aromatic carbocycles. The van der Waals surface area contributed by atoms with Gasteiger partial charge in [-0.25, -0.2) is 9.78 Å². The first-order valence-corrected chi connectivity index (χ1v) is 7.86. The van der Waals surface area contributed by atoms with Crippen molar-refractivity contribution in [2.45, 2.75) is 19.4 Å². The Morgan fingerprint density at radius 2 is 2.00 bits per heavy atom.